The van der Waals surface area contributed by atoms with Gasteiger partial charge in [-0.25, -0.2) is 14.2 Å². The molecule has 0 saturated carbocycles. The number of ether oxygens (including phenoxy) is 1. The number of rotatable bonds is 7. The molecular formula is C22H19ClN8O. The summed E-state index contributed by atoms with van der Waals surface area (Å²) in [4.78, 5) is 9.22. The highest BCUT2D eigenvalue weighted by atomic mass is 35.5. The summed E-state index contributed by atoms with van der Waals surface area (Å²) in [6, 6.07) is 21.8. The molecule has 5 rings (SSSR count). The Bertz CT molecular complexity index is 1370. The van der Waals surface area contributed by atoms with Crippen molar-refractivity contribution in [1.82, 2.24) is 34.7 Å². The Balaban J connectivity index is 1.39. The fourth-order valence-electron chi connectivity index (χ4n) is 3.33. The van der Waals surface area contributed by atoms with Crippen molar-refractivity contribution in [2.24, 2.45) is 7.05 Å². The number of pyridine rings is 1. The van der Waals surface area contributed by atoms with E-state index in [2.05, 4.69) is 42.9 Å². The number of tetrazole rings is 1. The average Bonchev–Trinajstić information content (AvgIpc) is 3.40. The molecule has 0 amide bonds. The third-order valence-corrected chi connectivity index (χ3v) is 5.18. The molecule has 5 aromatic rings. The van der Waals surface area contributed by atoms with Crippen LogP contribution in [-0.2, 0) is 20.2 Å². The molecule has 0 saturated heterocycles. The van der Waals surface area contributed by atoms with Crippen molar-refractivity contribution in [2.45, 2.75) is 13.2 Å². The highest BCUT2D eigenvalue weighted by molar-refractivity contribution is 6.35. The Labute approximate surface area is 188 Å². The molecule has 0 spiro atoms. The molecular weight excluding hydrogens is 428 g/mol. The first-order valence-corrected chi connectivity index (χ1v) is 10.3. The zero-order valence-electron chi connectivity index (χ0n) is 17.2. The lowest BCUT2D eigenvalue weighted by Gasteiger charge is -2.10. The Kier molecular flexibility index (Phi) is 5.39. The Hall–Kier alpha value is -3.98. The van der Waals surface area contributed by atoms with Crippen molar-refractivity contribution in [3.63, 3.8) is 0 Å². The molecule has 9 nitrogen and oxygen atoms in total. The minimum absolute atomic E-state index is 0.215. The van der Waals surface area contributed by atoms with Crippen LogP contribution in [0.5, 0.6) is 6.01 Å². The maximum atomic E-state index is 6.36. The average molecular weight is 447 g/mol. The third-order valence-electron chi connectivity index (χ3n) is 4.88. The second-order valence-electron chi connectivity index (χ2n) is 7.08. The molecule has 3 aromatic heterocycles. The predicted molar refractivity (Wildman–Crippen MR) is 121 cm³/mol. The summed E-state index contributed by atoms with van der Waals surface area (Å²) in [6.07, 6.45) is 0. The van der Waals surface area contributed by atoms with Gasteiger partial charge in [0.1, 0.15) is 17.9 Å². The summed E-state index contributed by atoms with van der Waals surface area (Å²) in [5.74, 6) is 1.24. The summed E-state index contributed by atoms with van der Waals surface area (Å²) in [7, 11) is 1.75. The largest absolute Gasteiger partial charge is 0.458 e. The fraction of sp³-hybridized carbons (Fsp3) is 0.136. The maximum Gasteiger partial charge on any atom is 0.305 e. The molecule has 0 aliphatic heterocycles. The molecule has 3 heterocycles. The van der Waals surface area contributed by atoms with Crippen LogP contribution in [-0.4, -0.2) is 34.7 Å². The number of halogens is 1. The number of hydrogen-bond donors (Lipinski definition) is 1. The highest BCUT2D eigenvalue weighted by Gasteiger charge is 2.19. The number of anilines is 1. The number of para-hydroxylation sites is 1. The molecule has 2 aromatic carbocycles. The van der Waals surface area contributed by atoms with Gasteiger partial charge in [-0.05, 0) is 40.3 Å². The minimum atomic E-state index is 0.215. The van der Waals surface area contributed by atoms with Crippen molar-refractivity contribution in [3.05, 3.63) is 83.0 Å². The van der Waals surface area contributed by atoms with E-state index in [1.165, 1.54) is 5.56 Å². The van der Waals surface area contributed by atoms with Crippen LogP contribution in [0.4, 0.5) is 5.82 Å². The highest BCUT2D eigenvalue weighted by Crippen LogP contribution is 2.29. The quantitative estimate of drug-likeness (QED) is 0.406. The Morgan fingerprint density at radius 1 is 0.969 bits per heavy atom. The zero-order valence-corrected chi connectivity index (χ0v) is 17.9. The fourth-order valence-corrected chi connectivity index (χ4v) is 3.55. The molecule has 160 valence electrons. The molecule has 0 unspecified atom stereocenters. The van der Waals surface area contributed by atoms with Crippen molar-refractivity contribution < 1.29 is 4.74 Å². The van der Waals surface area contributed by atoms with Gasteiger partial charge in [0.05, 0.1) is 16.2 Å². The van der Waals surface area contributed by atoms with E-state index in [1.807, 2.05) is 48.5 Å². The first-order valence-electron chi connectivity index (χ1n) is 9.95. The van der Waals surface area contributed by atoms with Gasteiger partial charge >= 0.3 is 6.01 Å². The van der Waals surface area contributed by atoms with Gasteiger partial charge in [0, 0.05) is 13.6 Å². The van der Waals surface area contributed by atoms with Gasteiger partial charge < -0.3 is 10.1 Å². The van der Waals surface area contributed by atoms with Crippen LogP contribution in [0, 0.1) is 0 Å². The number of nitrogens with one attached hydrogen (secondary N) is 1. The van der Waals surface area contributed by atoms with E-state index >= 15 is 0 Å². The molecule has 0 aliphatic carbocycles. The summed E-state index contributed by atoms with van der Waals surface area (Å²) in [5, 5.41) is 15.6. The molecule has 0 radical (unpaired) electrons. The van der Waals surface area contributed by atoms with Gasteiger partial charge in [0.2, 0.25) is 0 Å². The number of benzene rings is 2. The predicted octanol–water partition coefficient (Wildman–Crippen LogP) is 3.79. The van der Waals surface area contributed by atoms with Crippen molar-refractivity contribution >= 4 is 28.5 Å². The Morgan fingerprint density at radius 3 is 2.62 bits per heavy atom. The van der Waals surface area contributed by atoms with Crippen LogP contribution in [0.2, 0.25) is 5.02 Å². The van der Waals surface area contributed by atoms with E-state index in [0.29, 0.717) is 29.0 Å². The first-order chi connectivity index (χ1) is 15.7. The number of imidazole rings is 1. The lowest BCUT2D eigenvalue weighted by molar-refractivity contribution is 0.272. The van der Waals surface area contributed by atoms with Gasteiger partial charge in [-0.1, -0.05) is 59.2 Å². The van der Waals surface area contributed by atoms with E-state index in [-0.39, 0.29) is 6.61 Å². The van der Waals surface area contributed by atoms with E-state index in [4.69, 9.17) is 16.3 Å². The van der Waals surface area contributed by atoms with Gasteiger partial charge in [-0.15, -0.1) is 0 Å². The van der Waals surface area contributed by atoms with Crippen LogP contribution in [0.1, 0.15) is 11.3 Å². The first kappa shape index (κ1) is 20.0. The summed E-state index contributed by atoms with van der Waals surface area (Å²) in [5.41, 5.74) is 3.29. The molecule has 0 fully saturated rings. The number of hydrogen-bond acceptors (Lipinski definition) is 7. The number of aryl methyl sites for hydroxylation is 1. The SMILES string of the molecule is Cn1nnnc1-n1c(OCc2cccc(NCc3ccccc3)n2)nc2c(Cl)cccc21. The summed E-state index contributed by atoms with van der Waals surface area (Å²) < 4.78 is 9.33. The van der Waals surface area contributed by atoms with Crippen LogP contribution in [0.3, 0.4) is 0 Å². The number of fused-ring (bicyclic) bond motifs is 1. The zero-order chi connectivity index (χ0) is 21.9. The lowest BCUT2D eigenvalue weighted by atomic mass is 10.2. The molecule has 0 bridgehead atoms. The molecule has 32 heavy (non-hydrogen) atoms. The van der Waals surface area contributed by atoms with Gasteiger partial charge in [0.25, 0.3) is 5.95 Å². The molecule has 10 heteroatoms. The number of nitrogens with zero attached hydrogens (tertiary/aromatic N) is 7. The van der Waals surface area contributed by atoms with Gasteiger partial charge in [0.15, 0.2) is 0 Å². The molecule has 0 atom stereocenters. The maximum absolute atomic E-state index is 6.36. The molecule has 0 aliphatic rings. The van der Waals surface area contributed by atoms with E-state index in [0.717, 1.165) is 17.0 Å². The van der Waals surface area contributed by atoms with Crippen LogP contribution in [0.25, 0.3) is 17.0 Å². The lowest BCUT2D eigenvalue weighted by Crippen LogP contribution is -2.09. The Morgan fingerprint density at radius 2 is 1.81 bits per heavy atom. The standard InChI is InChI=1S/C22H19ClN8O/c1-30-21(27-28-29-30)31-18-11-6-10-17(23)20(18)26-22(31)32-14-16-9-5-12-19(25-16)24-13-15-7-3-2-4-8-15/h2-12H,13-14H2,1H3,(H,24,25). The van der Waals surface area contributed by atoms with Crippen molar-refractivity contribution in [1.29, 1.82) is 0 Å². The molecule has 1 N–H and O–H groups in total. The third kappa shape index (κ3) is 3.97. The van der Waals surface area contributed by atoms with Gasteiger partial charge in [-0.3, -0.25) is 0 Å². The van der Waals surface area contributed by atoms with E-state index < -0.39 is 0 Å². The topological polar surface area (TPSA) is 95.6 Å². The van der Waals surface area contributed by atoms with E-state index in [1.54, 1.807) is 22.4 Å². The van der Waals surface area contributed by atoms with E-state index in [9.17, 15) is 0 Å². The van der Waals surface area contributed by atoms with Gasteiger partial charge in [-0.2, -0.15) is 4.98 Å². The van der Waals surface area contributed by atoms with Crippen LogP contribution < -0.4 is 10.1 Å². The van der Waals surface area contributed by atoms with Crippen molar-refractivity contribution in [3.8, 4) is 12.0 Å². The summed E-state index contributed by atoms with van der Waals surface area (Å²) in [6.45, 7) is 0.901. The summed E-state index contributed by atoms with van der Waals surface area (Å²) >= 11 is 6.36. The second-order valence-corrected chi connectivity index (χ2v) is 7.49. The number of aromatic nitrogens is 7. The second kappa shape index (κ2) is 8.64. The monoisotopic (exact) mass is 446 g/mol. The normalized spacial score (nSPS) is 11.1. The van der Waals surface area contributed by atoms with Crippen LogP contribution >= 0.6 is 11.6 Å². The minimum Gasteiger partial charge on any atom is -0.458 e. The smallest absolute Gasteiger partial charge is 0.305 e. The van der Waals surface area contributed by atoms with Crippen LogP contribution in [0.15, 0.2) is 66.7 Å². The van der Waals surface area contributed by atoms with Crippen molar-refractivity contribution in [2.75, 3.05) is 5.32 Å².